The smallest absolute Gasteiger partial charge is 0.399 e. The fraction of sp³-hybridized carbons (Fsp3) is 0.372. The third kappa shape index (κ3) is 42.9. The Hall–Kier alpha value is -5.76. The Morgan fingerprint density at radius 2 is 0.919 bits per heavy atom. The number of nitrogens with one attached hydrogen (secondary N) is 2. The number of benzene rings is 4. The Morgan fingerprint density at radius 1 is 0.544 bits per heavy atom. The van der Waals surface area contributed by atoms with Crippen molar-refractivity contribution >= 4 is 261 Å². The minimum atomic E-state index is -5.13. The number of alkyl halides is 11. The zero-order chi connectivity index (χ0) is 112. The largest absolute Gasteiger partial charge is 0.494 e. The van der Waals surface area contributed by atoms with Crippen LogP contribution >= 0.6 is 191 Å². The zero-order valence-corrected chi connectivity index (χ0v) is 103. The first kappa shape index (κ1) is 134. The van der Waals surface area contributed by atoms with E-state index in [-0.39, 0.29) is 17.2 Å². The molecule has 28 nitrogen and oxygen atoms in total. The molecular weight excluding hydrogens is 2870 g/mol. The summed E-state index contributed by atoms with van der Waals surface area (Å²) in [5, 5.41) is 31.6. The molecule has 810 valence electrons. The van der Waals surface area contributed by atoms with E-state index in [0.717, 1.165) is 71.2 Å². The molecule has 3 amide bonds. The second-order valence-electron chi connectivity index (χ2n) is 33.8. The quantitative estimate of drug-likeness (QED) is 0.0164. The number of nitrogens with two attached hydrogens (primary N) is 1. The number of carbonyl (C=O) groups excluding carboxylic acids is 3. The molecule has 12 atom stereocenters. The number of nitrogens with zero attached hydrogens (tertiary/aromatic N) is 13. The van der Waals surface area contributed by atoms with Crippen LogP contribution in [0.5, 0.6) is 0 Å². The number of hydrogen-bond donors (Lipinski definition) is 4. The molecule has 0 saturated carbocycles. The Bertz CT molecular complexity index is 6500. The molecule has 0 radical (unpaired) electrons. The molecule has 4 saturated heterocycles. The van der Waals surface area contributed by atoms with Crippen molar-refractivity contribution in [2.45, 2.75) is 190 Å². The van der Waals surface area contributed by atoms with Gasteiger partial charge in [-0.2, -0.15) is 41.3 Å². The van der Waals surface area contributed by atoms with Gasteiger partial charge in [0, 0.05) is 93.5 Å². The zero-order valence-electron chi connectivity index (χ0n) is 81.6. The molecule has 4 aliphatic rings. The monoisotopic (exact) mass is 2960 g/mol. The van der Waals surface area contributed by atoms with Gasteiger partial charge < -0.3 is 44.2 Å². The summed E-state index contributed by atoms with van der Waals surface area (Å²) >= 11 is 30.7. The van der Waals surface area contributed by atoms with E-state index in [4.69, 9.17) is 44.6 Å². The molecule has 4 unspecified atom stereocenters. The first-order valence-corrected chi connectivity index (χ1v) is 60.5. The van der Waals surface area contributed by atoms with Gasteiger partial charge in [-0.15, -0.1) is 24.8 Å². The Morgan fingerprint density at radius 3 is 1.25 bits per heavy atom. The number of aliphatic hydroxyl groups is 1. The summed E-state index contributed by atoms with van der Waals surface area (Å²) in [6, 6.07) is 46.9. The number of carbonyl (C=O) groups is 3. The minimum Gasteiger partial charge on any atom is -0.399 e. The maximum atomic E-state index is 13.8. The number of hydrogen-bond acceptors (Lipinski definition) is 26. The van der Waals surface area contributed by atoms with Crippen LogP contribution in [-0.2, 0) is 77.8 Å². The van der Waals surface area contributed by atoms with Crippen LogP contribution in [0.3, 0.4) is 0 Å². The Kier molecular flexibility index (Phi) is 55.0. The maximum Gasteiger partial charge on any atom is 0.494 e. The predicted octanol–water partition coefficient (Wildman–Crippen LogP) is 24.7. The highest BCUT2D eigenvalue weighted by Gasteiger charge is 2.55. The first-order chi connectivity index (χ1) is 69.3. The topological polar surface area (TPSA) is 399 Å². The van der Waals surface area contributed by atoms with E-state index in [1.54, 1.807) is 109 Å². The maximum absolute atomic E-state index is 13.8. The Labute approximate surface area is 965 Å². The molecule has 0 aliphatic carbocycles. The number of thioether (sulfide) groups is 1. The van der Waals surface area contributed by atoms with Gasteiger partial charge >= 0.3 is 32.1 Å². The molecule has 10 aromatic rings. The lowest BCUT2D eigenvalue weighted by Crippen LogP contribution is -2.51. The predicted molar refractivity (Wildman–Crippen MR) is 602 cm³/mol. The van der Waals surface area contributed by atoms with Gasteiger partial charge in [0.05, 0.1) is 66.0 Å². The molecule has 5 N–H and O–H groups in total. The fourth-order valence-electron chi connectivity index (χ4n) is 13.0. The summed E-state index contributed by atoms with van der Waals surface area (Å²) in [5.41, 5.74) is 5.03. The molecule has 4 aliphatic heterocycles. The van der Waals surface area contributed by atoms with Gasteiger partial charge in [0.1, 0.15) is 96.6 Å². The lowest BCUT2D eigenvalue weighted by Gasteiger charge is -2.32. The third-order valence-electron chi connectivity index (χ3n) is 20.8. The lowest BCUT2D eigenvalue weighted by atomic mass is 9.78. The van der Waals surface area contributed by atoms with Crippen molar-refractivity contribution in [2.75, 3.05) is 58.0 Å². The van der Waals surface area contributed by atoms with Gasteiger partial charge in [0.15, 0.2) is 0 Å². The van der Waals surface area contributed by atoms with Crippen molar-refractivity contribution in [3.8, 4) is 12.4 Å². The van der Waals surface area contributed by atoms with Crippen molar-refractivity contribution in [1.82, 2.24) is 45.0 Å². The van der Waals surface area contributed by atoms with Gasteiger partial charge in [0.25, 0.3) is 11.8 Å². The summed E-state index contributed by atoms with van der Waals surface area (Å²) in [5.74, 6) is -5.22. The Balaban J connectivity index is 0.000000297. The molecule has 0 bridgehead atoms. The third-order valence-corrected chi connectivity index (χ3v) is 32.1. The number of amides is 3. The first-order valence-electron chi connectivity index (χ1n) is 43.0. The number of aliphatic hydroxyl groups excluding tert-OH is 1. The van der Waals surface area contributed by atoms with Crippen molar-refractivity contribution in [3.05, 3.63) is 271 Å². The number of ether oxygens (including phenoxy) is 3. The number of halogens is 21. The number of pyridine rings is 6. The minimum absolute atomic E-state index is 0.182. The van der Waals surface area contributed by atoms with Crippen molar-refractivity contribution in [2.24, 2.45) is 18.8 Å². The van der Waals surface area contributed by atoms with E-state index in [1.165, 1.54) is 80.7 Å². The summed E-state index contributed by atoms with van der Waals surface area (Å²) in [4.78, 5) is 59.5. The van der Waals surface area contributed by atoms with Crippen molar-refractivity contribution in [1.29, 1.82) is 15.3 Å². The summed E-state index contributed by atoms with van der Waals surface area (Å²) in [6.45, 7) is 14.5. The van der Waals surface area contributed by atoms with Gasteiger partial charge in [-0.25, -0.2) is 64.9 Å². The highest BCUT2D eigenvalue weighted by molar-refractivity contribution is 14.1. The summed E-state index contributed by atoms with van der Waals surface area (Å²) < 4.78 is 230. The molecule has 4 aromatic carbocycles. The van der Waals surface area contributed by atoms with Gasteiger partial charge in [-0.05, 0) is 409 Å². The van der Waals surface area contributed by atoms with Crippen LogP contribution in [-0.4, -0.2) is 212 Å². The number of nitriles is 2. The van der Waals surface area contributed by atoms with Crippen LogP contribution in [0, 0.1) is 38.4 Å². The molecule has 14 rings (SSSR count). The highest BCUT2D eigenvalue weighted by Crippen LogP contribution is 2.45. The van der Waals surface area contributed by atoms with E-state index in [0.29, 0.717) is 31.2 Å². The normalized spacial score (nSPS) is 19.4. The number of rotatable bonds is 17. The molecular formula is C94H102BBr7F11I3N16O12S5. The van der Waals surface area contributed by atoms with Crippen LogP contribution in [0.2, 0.25) is 0 Å². The van der Waals surface area contributed by atoms with E-state index in [1.807, 2.05) is 139 Å². The number of aromatic nitrogens is 6. The lowest BCUT2D eigenvalue weighted by molar-refractivity contribution is -0.169. The van der Waals surface area contributed by atoms with Gasteiger partial charge in [0.2, 0.25) is 12.4 Å². The van der Waals surface area contributed by atoms with Gasteiger partial charge in [-0.3, -0.25) is 19.7 Å². The van der Waals surface area contributed by atoms with Crippen molar-refractivity contribution < 1.29 is 104 Å². The summed E-state index contributed by atoms with van der Waals surface area (Å²) in [7, 11) is -9.74. The second-order valence-corrected chi connectivity index (χ2v) is 52.8. The van der Waals surface area contributed by atoms with E-state index in [2.05, 4.69) is 228 Å². The average molecular weight is 2970 g/mol. The van der Waals surface area contributed by atoms with E-state index >= 15 is 0 Å². The van der Waals surface area contributed by atoms with Gasteiger partial charge in [-0.1, -0.05) is 60.7 Å². The molecule has 149 heavy (non-hydrogen) atoms. The molecule has 0 spiro atoms. The molecule has 55 heteroatoms. The van der Waals surface area contributed by atoms with Crippen LogP contribution in [0.1, 0.15) is 116 Å². The fourth-order valence-corrected chi connectivity index (χ4v) is 19.3. The average Bonchev–Trinajstić information content (AvgIpc) is 1.61. The molecule has 4 fully saturated rings. The standard InChI is InChI=1S/C20H27BF3NO4.C14H15F3INO2.C12H15FINO.C9H11FINO.C8H6BrF3N2O2S.C7H6BrN3OS.C7H6BrN3S.C6H7BrN2OS.C6H6BrNS.C5H3Br2N/c1-18(2)19(3,4)29-21(28-18)13-9-7-12(8-10-13)15-14(11-22)25(17(26)16(23)24)20(5,6)27-15;1-14(2)19(13(20)12(16)17)10(7-15)11(21-14)8-3-5-9(18)6-4-8;1-12(2)15-10(7-13)11(16-12)8-3-5-9(14)6-4-8;10-5-8(12)9(13)6-1-3-7(11)4-2-6;1-17(16,14-7(15)8(10,11)12)6-3-2-5(9)4-13-6;1-13(12,11-5-9)7-3-2-6(8)4-10-7;1-12(11-5-9)7-3-2-6(8)4-10-7;1-11(8,10)6-3-2-5(7)4-9-6;1-9-6-3-2-5(7)4-8-6;6-4-1-2-5(7)8-3-4/h7-10,14-16H,11H2,1-6H3;3-6,10-12H,7H2,1-2H3;3-6,10-11,15H,7H2,1-2H3;1-4,8-9,13H,5,12H2;2-4H,1H3;2-4H,1H3;2-4H,1H3;2-4,8H,1H3;2-4H,1H3;1-3H/t14-,15-;2*10-,11-;8-,9-;;;;;;/m1111....../s1. The second kappa shape index (κ2) is 61.3. The van der Waals surface area contributed by atoms with Crippen LogP contribution in [0.4, 0.5) is 48.3 Å². The van der Waals surface area contributed by atoms with E-state index in [9.17, 15) is 80.4 Å². The SMILES string of the molecule is Brc1ccc(Br)nc1.CC1(C)N[C@H](CF)[C@@H](c2ccc(I)cc2)O1.CC1(C)O[C@H](c2ccc(B3OC(C)(C)C(C)(C)O3)cc2)[C@@H](CF)N1C(=O)C(F)F.CC1(C)O[C@H](c2ccc(I)cc2)[C@@H](CF)N1C(=O)C(F)F.CS(=N)(=O)c1ccc(Br)cn1.CS(=NC#N)c1ccc(Br)cn1.CS(=O)(=NC#N)c1ccc(Br)cn1.CS(=O)(=NC(=O)C(F)(F)F)c1ccc(Br)cn1.CSc1ccc(Br)cn1.N[C@H](CF)[C@H](O)c1ccc(I)cc1. The van der Waals surface area contributed by atoms with Crippen LogP contribution < -0.4 is 16.5 Å². The van der Waals surface area contributed by atoms with Crippen LogP contribution in [0.15, 0.2) is 277 Å². The molecule has 6 aromatic heterocycles. The van der Waals surface area contributed by atoms with Crippen LogP contribution in [0.25, 0.3) is 0 Å². The van der Waals surface area contributed by atoms with E-state index < -0.39 is 175 Å². The molecule has 10 heterocycles. The summed E-state index contributed by atoms with van der Waals surface area (Å²) in [6.07, 6.45) is 6.09. The highest BCUT2D eigenvalue weighted by atomic mass is 127. The van der Waals surface area contributed by atoms with Crippen molar-refractivity contribution in [3.63, 3.8) is 0 Å².